The Labute approximate surface area is 243 Å². The largest absolute Gasteiger partial charge is 0.484 e. The van der Waals surface area contributed by atoms with E-state index in [0.29, 0.717) is 31.1 Å². The number of likely N-dealkylation sites (N-methyl/N-ethyl adjacent to an activating group) is 1. The van der Waals surface area contributed by atoms with Gasteiger partial charge in [-0.15, -0.1) is 0 Å². The molecule has 1 aliphatic rings. The van der Waals surface area contributed by atoms with E-state index in [0.717, 1.165) is 43.9 Å². The van der Waals surface area contributed by atoms with E-state index in [1.54, 1.807) is 55.6 Å². The zero-order valence-corrected chi connectivity index (χ0v) is 24.9. The summed E-state index contributed by atoms with van der Waals surface area (Å²) in [5.74, 6) is 0.402. The maximum absolute atomic E-state index is 13.3. The minimum atomic E-state index is -3.74. The van der Waals surface area contributed by atoms with Crippen molar-refractivity contribution in [2.45, 2.75) is 18.0 Å². The third-order valence-electron chi connectivity index (χ3n) is 7.31. The van der Waals surface area contributed by atoms with Crippen molar-refractivity contribution in [2.24, 2.45) is 0 Å². The number of benzene rings is 3. The SMILES string of the molecule is COCc1ccc(S(=O)(=O)N(C)c2ccc(OCC(=O)N(CCN3CCN(C)CC3)Cc3ccccc3)cc2)cc1. The molecule has 4 rings (SSSR count). The molecule has 1 heterocycles. The van der Waals surface area contributed by atoms with Crippen LogP contribution >= 0.6 is 0 Å². The molecule has 0 aromatic heterocycles. The van der Waals surface area contributed by atoms with E-state index in [1.165, 1.54) is 11.4 Å². The molecule has 0 unspecified atom stereocenters. The van der Waals surface area contributed by atoms with Gasteiger partial charge in [-0.05, 0) is 54.6 Å². The number of piperazine rings is 1. The number of ether oxygens (including phenoxy) is 2. The second-order valence-corrected chi connectivity index (χ2v) is 12.2. The molecule has 41 heavy (non-hydrogen) atoms. The monoisotopic (exact) mass is 580 g/mol. The summed E-state index contributed by atoms with van der Waals surface area (Å²) >= 11 is 0. The molecule has 0 aliphatic carbocycles. The fourth-order valence-corrected chi connectivity index (χ4v) is 5.83. The maximum atomic E-state index is 13.3. The Kier molecular flexibility index (Phi) is 10.8. The Balaban J connectivity index is 1.36. The van der Waals surface area contributed by atoms with Crippen molar-refractivity contribution in [1.82, 2.24) is 14.7 Å². The normalized spacial score (nSPS) is 14.5. The quantitative estimate of drug-likeness (QED) is 0.307. The summed E-state index contributed by atoms with van der Waals surface area (Å²) in [7, 11) is 1.50. The average molecular weight is 581 g/mol. The first-order chi connectivity index (χ1) is 19.8. The van der Waals surface area contributed by atoms with Crippen LogP contribution in [0.5, 0.6) is 5.75 Å². The molecule has 0 bridgehead atoms. The van der Waals surface area contributed by atoms with Gasteiger partial charge in [0, 0.05) is 60.0 Å². The van der Waals surface area contributed by atoms with Crippen molar-refractivity contribution in [1.29, 1.82) is 0 Å². The van der Waals surface area contributed by atoms with Gasteiger partial charge in [-0.2, -0.15) is 0 Å². The summed E-state index contributed by atoms with van der Waals surface area (Å²) in [6.45, 7) is 6.33. The van der Waals surface area contributed by atoms with Crippen LogP contribution in [0, 0.1) is 0 Å². The fourth-order valence-electron chi connectivity index (χ4n) is 4.64. The summed E-state index contributed by atoms with van der Waals surface area (Å²) in [4.78, 5) is 20.0. The molecule has 1 amide bonds. The molecule has 0 saturated carbocycles. The highest BCUT2D eigenvalue weighted by Gasteiger charge is 2.22. The number of nitrogens with zero attached hydrogens (tertiary/aromatic N) is 4. The number of carbonyl (C=O) groups is 1. The molecule has 9 nitrogen and oxygen atoms in total. The van der Waals surface area contributed by atoms with Crippen molar-refractivity contribution in [3.05, 3.63) is 90.0 Å². The lowest BCUT2D eigenvalue weighted by Crippen LogP contribution is -2.48. The van der Waals surface area contributed by atoms with Gasteiger partial charge in [-0.3, -0.25) is 14.0 Å². The topological polar surface area (TPSA) is 82.6 Å². The van der Waals surface area contributed by atoms with Gasteiger partial charge >= 0.3 is 0 Å². The first-order valence-electron chi connectivity index (χ1n) is 13.8. The predicted octanol–water partition coefficient (Wildman–Crippen LogP) is 3.31. The third kappa shape index (κ3) is 8.53. The standard InChI is InChI=1S/C31H40N4O5S/c1-32-17-19-34(20-18-32)21-22-35(23-26-7-5-4-6-8-26)31(36)25-40-29-13-11-28(12-14-29)33(2)41(37,38)30-15-9-27(10-16-30)24-39-3/h4-16H,17-25H2,1-3H3. The average Bonchev–Trinajstić information content (AvgIpc) is 2.99. The van der Waals surface area contributed by atoms with Crippen LogP contribution < -0.4 is 9.04 Å². The number of hydrogen-bond acceptors (Lipinski definition) is 7. The Hall–Kier alpha value is -3.44. The van der Waals surface area contributed by atoms with Crippen LogP contribution in [0.15, 0.2) is 83.8 Å². The van der Waals surface area contributed by atoms with Gasteiger partial charge < -0.3 is 19.3 Å². The highest BCUT2D eigenvalue weighted by Crippen LogP contribution is 2.25. The van der Waals surface area contributed by atoms with Crippen molar-refractivity contribution in [3.63, 3.8) is 0 Å². The highest BCUT2D eigenvalue weighted by molar-refractivity contribution is 7.92. The number of hydrogen-bond donors (Lipinski definition) is 0. The minimum absolute atomic E-state index is 0.0938. The number of sulfonamides is 1. The summed E-state index contributed by atoms with van der Waals surface area (Å²) in [5.41, 5.74) is 2.45. The van der Waals surface area contributed by atoms with Crippen molar-refractivity contribution >= 4 is 21.6 Å². The summed E-state index contributed by atoms with van der Waals surface area (Å²) < 4.78 is 38.4. The lowest BCUT2D eigenvalue weighted by Gasteiger charge is -2.34. The minimum Gasteiger partial charge on any atom is -0.484 e. The van der Waals surface area contributed by atoms with E-state index in [1.807, 2.05) is 35.2 Å². The molecule has 3 aromatic carbocycles. The summed E-state index contributed by atoms with van der Waals surface area (Å²) in [5, 5.41) is 0. The van der Waals surface area contributed by atoms with Crippen LogP contribution in [0.25, 0.3) is 0 Å². The van der Waals surface area contributed by atoms with Gasteiger partial charge in [0.2, 0.25) is 0 Å². The van der Waals surface area contributed by atoms with Gasteiger partial charge in [-0.1, -0.05) is 42.5 Å². The fraction of sp³-hybridized carbons (Fsp3) is 0.387. The second-order valence-electron chi connectivity index (χ2n) is 10.3. The third-order valence-corrected chi connectivity index (χ3v) is 9.11. The molecule has 3 aromatic rings. The van der Waals surface area contributed by atoms with Crippen LogP contribution in [0.1, 0.15) is 11.1 Å². The molecular formula is C31H40N4O5S. The molecule has 1 aliphatic heterocycles. The molecule has 220 valence electrons. The smallest absolute Gasteiger partial charge is 0.264 e. The highest BCUT2D eigenvalue weighted by atomic mass is 32.2. The summed E-state index contributed by atoms with van der Waals surface area (Å²) in [6, 6.07) is 23.3. The predicted molar refractivity (Wildman–Crippen MR) is 160 cm³/mol. The van der Waals surface area contributed by atoms with Crippen LogP contribution in [0.2, 0.25) is 0 Å². The Morgan fingerprint density at radius 3 is 2.17 bits per heavy atom. The number of rotatable bonds is 13. The molecular weight excluding hydrogens is 540 g/mol. The summed E-state index contributed by atoms with van der Waals surface area (Å²) in [6.07, 6.45) is 0. The lowest BCUT2D eigenvalue weighted by molar-refractivity contribution is -0.134. The zero-order chi connectivity index (χ0) is 29.2. The van der Waals surface area contributed by atoms with E-state index >= 15 is 0 Å². The molecule has 1 saturated heterocycles. The van der Waals surface area contributed by atoms with E-state index in [9.17, 15) is 13.2 Å². The van der Waals surface area contributed by atoms with Crippen LogP contribution in [-0.2, 0) is 32.7 Å². The van der Waals surface area contributed by atoms with Crippen LogP contribution in [-0.4, -0.2) is 96.1 Å². The molecule has 10 heteroatoms. The van der Waals surface area contributed by atoms with Gasteiger partial charge in [0.25, 0.3) is 15.9 Å². The van der Waals surface area contributed by atoms with E-state index < -0.39 is 10.0 Å². The van der Waals surface area contributed by atoms with Gasteiger partial charge in [0.15, 0.2) is 6.61 Å². The number of anilines is 1. The first kappa shape index (κ1) is 30.5. The van der Waals surface area contributed by atoms with E-state index in [2.05, 4.69) is 16.8 Å². The van der Waals surface area contributed by atoms with Crippen molar-refractivity contribution in [2.75, 3.05) is 71.4 Å². The number of methoxy groups -OCH3 is 1. The molecule has 0 atom stereocenters. The Bertz CT molecular complexity index is 1340. The van der Waals surface area contributed by atoms with Crippen LogP contribution in [0.3, 0.4) is 0 Å². The van der Waals surface area contributed by atoms with Crippen molar-refractivity contribution in [3.8, 4) is 5.75 Å². The Morgan fingerprint density at radius 1 is 0.878 bits per heavy atom. The van der Waals surface area contributed by atoms with E-state index in [4.69, 9.17) is 9.47 Å². The molecule has 1 fully saturated rings. The van der Waals surface area contributed by atoms with Gasteiger partial charge in [0.05, 0.1) is 17.2 Å². The maximum Gasteiger partial charge on any atom is 0.264 e. The van der Waals surface area contributed by atoms with Crippen LogP contribution in [0.4, 0.5) is 5.69 Å². The molecule has 0 spiro atoms. The van der Waals surface area contributed by atoms with Gasteiger partial charge in [0.1, 0.15) is 5.75 Å². The molecule has 0 radical (unpaired) electrons. The zero-order valence-electron chi connectivity index (χ0n) is 24.1. The van der Waals surface area contributed by atoms with Gasteiger partial charge in [-0.25, -0.2) is 8.42 Å². The van der Waals surface area contributed by atoms with E-state index in [-0.39, 0.29) is 17.4 Å². The lowest BCUT2D eigenvalue weighted by atomic mass is 10.2. The van der Waals surface area contributed by atoms with Crippen molar-refractivity contribution < 1.29 is 22.7 Å². The number of amides is 1. The Morgan fingerprint density at radius 2 is 1.54 bits per heavy atom. The molecule has 0 N–H and O–H groups in total. The second kappa shape index (κ2) is 14.5. The first-order valence-corrected chi connectivity index (χ1v) is 15.2. The number of carbonyl (C=O) groups excluding carboxylic acids is 1.